The quantitative estimate of drug-likeness (QED) is 0.0685. The molecule has 0 aliphatic carbocycles. The number of halogens is 1. The van der Waals surface area contributed by atoms with Crippen molar-refractivity contribution in [2.45, 2.75) is 6.42 Å². The van der Waals surface area contributed by atoms with Gasteiger partial charge >= 0.3 is 0 Å². The number of hydrogen-bond donors (Lipinski definition) is 0. The van der Waals surface area contributed by atoms with E-state index >= 15 is 0 Å². The molecule has 0 amide bonds. The highest BCUT2D eigenvalue weighted by Gasteiger charge is 2.13. The lowest BCUT2D eigenvalue weighted by atomic mass is 10.0. The van der Waals surface area contributed by atoms with Gasteiger partial charge in [-0.1, -0.05) is 24.3 Å². The van der Waals surface area contributed by atoms with Gasteiger partial charge in [-0.25, -0.2) is 0 Å². The van der Waals surface area contributed by atoms with Gasteiger partial charge in [0, 0.05) is 12.1 Å². The third kappa shape index (κ3) is 6.71. The second kappa shape index (κ2) is 12.4. The lowest BCUT2D eigenvalue weighted by Crippen LogP contribution is -2.11. The lowest BCUT2D eigenvalue weighted by Gasteiger charge is -2.15. The normalized spacial score (nSPS) is 10.8. The summed E-state index contributed by atoms with van der Waals surface area (Å²) in [5.74, 6) is 1.79. The van der Waals surface area contributed by atoms with Crippen LogP contribution in [0.3, 0.4) is 0 Å². The first-order chi connectivity index (χ1) is 17.0. The van der Waals surface area contributed by atoms with E-state index in [4.69, 9.17) is 14.2 Å². The van der Waals surface area contributed by atoms with Crippen LogP contribution in [-0.2, 0) is 6.42 Å². The minimum Gasteiger partial charge on any atom is -0.493 e. The molecule has 0 aromatic heterocycles. The van der Waals surface area contributed by atoms with Crippen molar-refractivity contribution in [3.63, 3.8) is 0 Å². The van der Waals surface area contributed by atoms with Gasteiger partial charge in [-0.05, 0) is 75.4 Å². The van der Waals surface area contributed by atoms with Crippen molar-refractivity contribution in [3.8, 4) is 23.3 Å². The topological polar surface area (TPSA) is 94.6 Å². The zero-order valence-corrected chi connectivity index (χ0v) is 20.7. The van der Waals surface area contributed by atoms with Crippen molar-refractivity contribution in [3.05, 3.63) is 105 Å². The van der Waals surface area contributed by atoms with E-state index in [0.29, 0.717) is 45.9 Å². The number of nitro groups is 1. The van der Waals surface area contributed by atoms with E-state index in [-0.39, 0.29) is 5.69 Å². The van der Waals surface area contributed by atoms with Crippen molar-refractivity contribution in [1.82, 2.24) is 0 Å². The molecular formula is C27H23BrN2O5. The highest BCUT2D eigenvalue weighted by Crippen LogP contribution is 2.37. The van der Waals surface area contributed by atoms with Gasteiger partial charge in [-0.3, -0.25) is 10.1 Å². The van der Waals surface area contributed by atoms with E-state index in [1.54, 1.807) is 30.3 Å². The maximum absolute atomic E-state index is 10.9. The standard InChI is InChI=1S/C27H23BrN2O5/c1-3-6-21-7-4-5-8-25(21)34-13-14-35-27-24(28)16-19(17-26(27)33-2)15-22(18-29)20-9-11-23(12-10-20)30(31)32/h3-5,7-12,15-17H,1,6,13-14H2,2H3/b22-15-. The fourth-order valence-corrected chi connectivity index (χ4v) is 3.91. The van der Waals surface area contributed by atoms with Crippen molar-refractivity contribution in [2.75, 3.05) is 20.3 Å². The monoisotopic (exact) mass is 534 g/mol. The lowest BCUT2D eigenvalue weighted by molar-refractivity contribution is -0.384. The van der Waals surface area contributed by atoms with Gasteiger partial charge in [0.2, 0.25) is 0 Å². The van der Waals surface area contributed by atoms with Crippen LogP contribution in [0.2, 0.25) is 0 Å². The van der Waals surface area contributed by atoms with Crippen LogP contribution in [-0.4, -0.2) is 25.2 Å². The smallest absolute Gasteiger partial charge is 0.269 e. The molecule has 3 aromatic carbocycles. The van der Waals surface area contributed by atoms with Gasteiger partial charge in [-0.15, -0.1) is 6.58 Å². The van der Waals surface area contributed by atoms with Crippen LogP contribution < -0.4 is 14.2 Å². The van der Waals surface area contributed by atoms with E-state index < -0.39 is 4.92 Å². The second-order valence-corrected chi connectivity index (χ2v) is 8.16. The Bertz CT molecular complexity index is 1280. The molecule has 0 fully saturated rings. The Morgan fingerprint density at radius 2 is 1.83 bits per heavy atom. The van der Waals surface area contributed by atoms with Crippen molar-refractivity contribution in [2.24, 2.45) is 0 Å². The fraction of sp³-hybridized carbons (Fsp3) is 0.148. The zero-order chi connectivity index (χ0) is 25.2. The number of nitrogens with zero attached hydrogens (tertiary/aromatic N) is 2. The van der Waals surface area contributed by atoms with Crippen molar-refractivity contribution in [1.29, 1.82) is 5.26 Å². The van der Waals surface area contributed by atoms with Crippen LogP contribution in [0.5, 0.6) is 17.2 Å². The van der Waals surface area contributed by atoms with Gasteiger partial charge in [0.1, 0.15) is 19.0 Å². The Morgan fingerprint density at radius 3 is 2.49 bits per heavy atom. The molecule has 0 radical (unpaired) electrons. The molecule has 0 heterocycles. The predicted molar refractivity (Wildman–Crippen MR) is 139 cm³/mol. The number of nitro benzene ring substituents is 1. The fourth-order valence-electron chi connectivity index (χ4n) is 3.34. The Kier molecular flexibility index (Phi) is 9.04. The van der Waals surface area contributed by atoms with Crippen molar-refractivity contribution >= 4 is 33.3 Å². The van der Waals surface area contributed by atoms with E-state index in [1.807, 2.05) is 30.3 Å². The molecule has 0 spiro atoms. The molecule has 0 aliphatic heterocycles. The molecule has 3 aromatic rings. The van der Waals surface area contributed by atoms with Crippen LogP contribution in [0.25, 0.3) is 11.6 Å². The summed E-state index contributed by atoms with van der Waals surface area (Å²) in [4.78, 5) is 10.4. The van der Waals surface area contributed by atoms with E-state index in [1.165, 1.54) is 19.2 Å². The second-order valence-electron chi connectivity index (χ2n) is 7.31. The minimum atomic E-state index is -0.481. The number of rotatable bonds is 11. The summed E-state index contributed by atoms with van der Waals surface area (Å²) >= 11 is 3.52. The van der Waals surface area contributed by atoms with Gasteiger partial charge in [0.15, 0.2) is 11.5 Å². The number of non-ortho nitro benzene ring substituents is 1. The molecule has 0 unspecified atom stereocenters. The summed E-state index contributed by atoms with van der Waals surface area (Å²) in [6, 6.07) is 19.3. The first kappa shape index (κ1) is 25.5. The Labute approximate surface area is 212 Å². The molecule has 0 N–H and O–H groups in total. The van der Waals surface area contributed by atoms with E-state index in [0.717, 1.165) is 17.7 Å². The Morgan fingerprint density at radius 1 is 1.11 bits per heavy atom. The number of methoxy groups -OCH3 is 1. The largest absolute Gasteiger partial charge is 0.493 e. The maximum atomic E-state index is 10.9. The van der Waals surface area contributed by atoms with Crippen LogP contribution in [0, 0.1) is 21.4 Å². The molecule has 0 atom stereocenters. The molecule has 0 saturated carbocycles. The highest BCUT2D eigenvalue weighted by molar-refractivity contribution is 9.10. The maximum Gasteiger partial charge on any atom is 0.269 e. The molecule has 8 heteroatoms. The molecule has 7 nitrogen and oxygen atoms in total. The van der Waals surface area contributed by atoms with Gasteiger partial charge < -0.3 is 14.2 Å². The molecule has 3 rings (SSSR count). The summed E-state index contributed by atoms with van der Waals surface area (Å²) in [6.45, 7) is 4.40. The molecule has 0 aliphatic rings. The summed E-state index contributed by atoms with van der Waals surface area (Å²) in [5.41, 5.74) is 2.64. The number of hydrogen-bond acceptors (Lipinski definition) is 6. The van der Waals surface area contributed by atoms with E-state index in [9.17, 15) is 15.4 Å². The average molecular weight is 535 g/mol. The SMILES string of the molecule is C=CCc1ccccc1OCCOc1c(Br)cc(/C=C(/C#N)c2ccc([N+](=O)[O-])cc2)cc1OC. The number of nitriles is 1. The van der Waals surface area contributed by atoms with Crippen molar-refractivity contribution < 1.29 is 19.1 Å². The zero-order valence-electron chi connectivity index (χ0n) is 19.1. The molecule has 35 heavy (non-hydrogen) atoms. The summed E-state index contributed by atoms with van der Waals surface area (Å²) in [7, 11) is 1.53. The van der Waals surface area contributed by atoms with E-state index in [2.05, 4.69) is 28.6 Å². The average Bonchev–Trinajstić information content (AvgIpc) is 2.87. The van der Waals surface area contributed by atoms with Crippen LogP contribution >= 0.6 is 15.9 Å². The first-order valence-corrected chi connectivity index (χ1v) is 11.4. The van der Waals surface area contributed by atoms with Crippen LogP contribution in [0.15, 0.2) is 77.8 Å². The van der Waals surface area contributed by atoms with Gasteiger partial charge in [0.05, 0.1) is 28.1 Å². The predicted octanol–water partition coefficient (Wildman–Crippen LogP) is 6.62. The number of allylic oxidation sites excluding steroid dienone is 2. The third-order valence-electron chi connectivity index (χ3n) is 5.00. The highest BCUT2D eigenvalue weighted by atomic mass is 79.9. The molecule has 0 saturated heterocycles. The molecule has 0 bridgehead atoms. The van der Waals surface area contributed by atoms with Gasteiger partial charge in [-0.2, -0.15) is 5.26 Å². The van der Waals surface area contributed by atoms with Crippen LogP contribution in [0.1, 0.15) is 16.7 Å². The summed E-state index contributed by atoms with van der Waals surface area (Å²) in [5, 5.41) is 20.5. The summed E-state index contributed by atoms with van der Waals surface area (Å²) in [6.07, 6.45) is 4.23. The first-order valence-electron chi connectivity index (χ1n) is 10.7. The number of para-hydroxylation sites is 1. The third-order valence-corrected chi connectivity index (χ3v) is 5.59. The summed E-state index contributed by atoms with van der Waals surface area (Å²) < 4.78 is 17.9. The van der Waals surface area contributed by atoms with Gasteiger partial charge in [0.25, 0.3) is 5.69 Å². The molecular weight excluding hydrogens is 512 g/mol. The minimum absolute atomic E-state index is 0.0369. The number of ether oxygens (including phenoxy) is 3. The number of benzene rings is 3. The molecule has 178 valence electrons. The van der Waals surface area contributed by atoms with Crippen LogP contribution in [0.4, 0.5) is 5.69 Å². The Hall–Kier alpha value is -4.09. The Balaban J connectivity index is 1.73.